The number of carbonyl (C=O) groups is 4. The fraction of sp³-hybridized carbons (Fsp3) is 0.579. The van der Waals surface area contributed by atoms with Crippen molar-refractivity contribution in [3.8, 4) is 0 Å². The van der Waals surface area contributed by atoms with Gasteiger partial charge in [0.1, 0.15) is 6.10 Å². The smallest absolute Gasteiger partial charge is 0.305 e. The van der Waals surface area contributed by atoms with Crippen LogP contribution in [0.2, 0.25) is 0 Å². The molecule has 0 aromatic heterocycles. The second-order valence-corrected chi connectivity index (χ2v) is 6.58. The van der Waals surface area contributed by atoms with Crippen LogP contribution in [-0.2, 0) is 42.9 Å². The number of ether oxygens (including phenoxy) is 5. The maximum Gasteiger partial charge on any atom is 0.305 e. The molecule has 5 atom stereocenters. The lowest BCUT2D eigenvalue weighted by molar-refractivity contribution is -0.294. The van der Waals surface area contributed by atoms with Gasteiger partial charge in [0.2, 0.25) is 18.3 Å². The SMILES string of the molecule is C=C(C)OC1C(OC(C)=O)OC(CNC(=O)C(=C)C)C(OC(C)=O)C1OC(C)=O. The Balaban J connectivity index is 3.29. The zero-order chi connectivity index (χ0) is 22.3. The third-order valence-electron chi connectivity index (χ3n) is 3.67. The van der Waals surface area contributed by atoms with Crippen molar-refractivity contribution >= 4 is 23.8 Å². The Morgan fingerprint density at radius 2 is 1.31 bits per heavy atom. The van der Waals surface area contributed by atoms with Gasteiger partial charge in [0, 0.05) is 32.9 Å². The van der Waals surface area contributed by atoms with E-state index in [9.17, 15) is 19.2 Å². The van der Waals surface area contributed by atoms with Crippen LogP contribution < -0.4 is 5.32 Å². The van der Waals surface area contributed by atoms with Crippen LogP contribution in [0.4, 0.5) is 0 Å². The van der Waals surface area contributed by atoms with Crippen molar-refractivity contribution in [2.24, 2.45) is 0 Å². The van der Waals surface area contributed by atoms with Crippen molar-refractivity contribution in [3.63, 3.8) is 0 Å². The molecule has 1 aliphatic heterocycles. The minimum absolute atomic E-state index is 0.140. The molecule has 0 aromatic carbocycles. The quantitative estimate of drug-likeness (QED) is 0.265. The van der Waals surface area contributed by atoms with Gasteiger partial charge in [-0.3, -0.25) is 19.2 Å². The summed E-state index contributed by atoms with van der Waals surface area (Å²) in [5, 5.41) is 2.56. The summed E-state index contributed by atoms with van der Waals surface area (Å²) < 4.78 is 27.1. The lowest BCUT2D eigenvalue weighted by atomic mass is 9.97. The van der Waals surface area contributed by atoms with E-state index in [4.69, 9.17) is 23.7 Å². The zero-order valence-corrected chi connectivity index (χ0v) is 17.2. The van der Waals surface area contributed by atoms with E-state index in [0.29, 0.717) is 0 Å². The number of carbonyl (C=O) groups excluding carboxylic acids is 4. The number of allylic oxidation sites excluding steroid dienone is 1. The van der Waals surface area contributed by atoms with Crippen molar-refractivity contribution < 1.29 is 42.9 Å². The van der Waals surface area contributed by atoms with E-state index in [1.807, 2.05) is 0 Å². The first-order valence-electron chi connectivity index (χ1n) is 8.85. The van der Waals surface area contributed by atoms with Crippen LogP contribution in [0.25, 0.3) is 0 Å². The molecule has 1 N–H and O–H groups in total. The third kappa shape index (κ3) is 7.57. The largest absolute Gasteiger partial charge is 0.485 e. The summed E-state index contributed by atoms with van der Waals surface area (Å²) in [6.07, 6.45) is -5.83. The van der Waals surface area contributed by atoms with Crippen LogP contribution in [0, 0.1) is 0 Å². The van der Waals surface area contributed by atoms with Gasteiger partial charge in [-0.1, -0.05) is 13.2 Å². The number of hydrogen-bond acceptors (Lipinski definition) is 9. The van der Waals surface area contributed by atoms with Crippen LogP contribution in [-0.4, -0.2) is 61.1 Å². The first-order valence-corrected chi connectivity index (χ1v) is 8.85. The summed E-state index contributed by atoms with van der Waals surface area (Å²) in [5.41, 5.74) is 0.251. The molecule has 1 saturated heterocycles. The first-order chi connectivity index (χ1) is 13.4. The average Bonchev–Trinajstić information content (AvgIpc) is 2.56. The topological polar surface area (TPSA) is 126 Å². The Hall–Kier alpha value is -2.88. The summed E-state index contributed by atoms with van der Waals surface area (Å²) >= 11 is 0. The summed E-state index contributed by atoms with van der Waals surface area (Å²) in [6, 6.07) is 0. The highest BCUT2D eigenvalue weighted by atomic mass is 16.7. The van der Waals surface area contributed by atoms with Gasteiger partial charge in [0.05, 0.1) is 5.76 Å². The Kier molecular flexibility index (Phi) is 8.84. The molecule has 1 fully saturated rings. The molecule has 0 bridgehead atoms. The van der Waals surface area contributed by atoms with E-state index in [2.05, 4.69) is 18.5 Å². The average molecular weight is 413 g/mol. The minimum atomic E-state index is -1.31. The van der Waals surface area contributed by atoms with Crippen LogP contribution in [0.5, 0.6) is 0 Å². The van der Waals surface area contributed by atoms with Crippen molar-refractivity contribution in [1.82, 2.24) is 5.32 Å². The fourth-order valence-corrected chi connectivity index (χ4v) is 2.66. The first kappa shape index (κ1) is 24.2. The predicted octanol–water partition coefficient (Wildman–Crippen LogP) is 0.749. The molecule has 1 heterocycles. The highest BCUT2D eigenvalue weighted by molar-refractivity contribution is 5.92. The highest BCUT2D eigenvalue weighted by Gasteiger charge is 2.52. The molecule has 5 unspecified atom stereocenters. The molecule has 10 heteroatoms. The molecule has 0 aliphatic carbocycles. The van der Waals surface area contributed by atoms with Crippen molar-refractivity contribution in [3.05, 3.63) is 24.5 Å². The Morgan fingerprint density at radius 3 is 1.76 bits per heavy atom. The molecule has 10 nitrogen and oxygen atoms in total. The van der Waals surface area contributed by atoms with Gasteiger partial charge in [-0.15, -0.1) is 0 Å². The van der Waals surface area contributed by atoms with Crippen molar-refractivity contribution in [2.75, 3.05) is 6.54 Å². The van der Waals surface area contributed by atoms with Crippen molar-refractivity contribution in [1.29, 1.82) is 0 Å². The van der Waals surface area contributed by atoms with Gasteiger partial charge in [-0.25, -0.2) is 0 Å². The van der Waals surface area contributed by atoms with Gasteiger partial charge in [-0.05, 0) is 13.8 Å². The van der Waals surface area contributed by atoms with Gasteiger partial charge in [0.25, 0.3) is 0 Å². The monoisotopic (exact) mass is 413 g/mol. The molecular formula is C19H27NO9. The van der Waals surface area contributed by atoms with E-state index >= 15 is 0 Å². The summed E-state index contributed by atoms with van der Waals surface area (Å²) in [7, 11) is 0. The number of esters is 3. The summed E-state index contributed by atoms with van der Waals surface area (Å²) in [5.74, 6) is -2.27. The van der Waals surface area contributed by atoms with Crippen LogP contribution in [0.1, 0.15) is 34.6 Å². The molecule has 0 spiro atoms. The fourth-order valence-electron chi connectivity index (χ4n) is 2.66. The van der Waals surface area contributed by atoms with Gasteiger partial charge in [0.15, 0.2) is 12.2 Å². The maximum atomic E-state index is 11.9. The molecular weight excluding hydrogens is 386 g/mol. The molecule has 1 amide bonds. The lowest BCUT2D eigenvalue weighted by Gasteiger charge is -2.44. The molecule has 0 radical (unpaired) electrons. The molecule has 1 aliphatic rings. The molecule has 0 aromatic rings. The van der Waals surface area contributed by atoms with E-state index in [-0.39, 0.29) is 17.9 Å². The maximum absolute atomic E-state index is 11.9. The van der Waals surface area contributed by atoms with E-state index in [1.165, 1.54) is 20.8 Å². The van der Waals surface area contributed by atoms with Gasteiger partial charge in [-0.2, -0.15) is 0 Å². The number of hydrogen-bond donors (Lipinski definition) is 1. The highest BCUT2D eigenvalue weighted by Crippen LogP contribution is 2.30. The molecule has 162 valence electrons. The van der Waals surface area contributed by atoms with Crippen LogP contribution >= 0.6 is 0 Å². The van der Waals surface area contributed by atoms with E-state index in [0.717, 1.165) is 13.8 Å². The third-order valence-corrected chi connectivity index (χ3v) is 3.67. The lowest BCUT2D eigenvalue weighted by Crippen LogP contribution is -2.63. The zero-order valence-electron chi connectivity index (χ0n) is 17.2. The minimum Gasteiger partial charge on any atom is -0.485 e. The second-order valence-electron chi connectivity index (χ2n) is 6.58. The Bertz CT molecular complexity index is 687. The second kappa shape index (κ2) is 10.6. The Labute approximate surface area is 169 Å². The van der Waals surface area contributed by atoms with Crippen molar-refractivity contribution in [2.45, 2.75) is 65.3 Å². The standard InChI is InChI=1S/C19H27NO9/c1-9(2)18(24)20-8-14-15(26-11(5)21)16(27-12(6)22)17(25-10(3)4)19(29-14)28-13(7)23/h14-17,19H,1,3,8H2,2,4-7H3,(H,20,24). The van der Waals surface area contributed by atoms with E-state index in [1.54, 1.807) is 0 Å². The van der Waals surface area contributed by atoms with Crippen LogP contribution in [0.3, 0.4) is 0 Å². The number of amides is 1. The molecule has 1 rings (SSSR count). The van der Waals surface area contributed by atoms with Crippen LogP contribution in [0.15, 0.2) is 24.5 Å². The summed E-state index contributed by atoms with van der Waals surface area (Å²) in [6.45, 7) is 13.6. The molecule has 0 saturated carbocycles. The van der Waals surface area contributed by atoms with Gasteiger partial charge >= 0.3 is 17.9 Å². The van der Waals surface area contributed by atoms with E-state index < -0.39 is 54.5 Å². The predicted molar refractivity (Wildman–Crippen MR) is 99.0 cm³/mol. The Morgan fingerprint density at radius 1 is 0.793 bits per heavy atom. The number of rotatable bonds is 8. The normalized spacial score (nSPS) is 25.9. The molecule has 29 heavy (non-hydrogen) atoms. The number of nitrogens with one attached hydrogen (secondary N) is 1. The van der Waals surface area contributed by atoms with Gasteiger partial charge < -0.3 is 29.0 Å². The summed E-state index contributed by atoms with van der Waals surface area (Å²) in [4.78, 5) is 46.8.